The zero-order valence-corrected chi connectivity index (χ0v) is 33.4. The molecule has 15 nitrogen and oxygen atoms in total. The van der Waals surface area contributed by atoms with Gasteiger partial charge in [0.25, 0.3) is 0 Å². The quantitative estimate of drug-likeness (QED) is 0.152. The van der Waals surface area contributed by atoms with Gasteiger partial charge in [0.05, 0.1) is 49.2 Å². The Morgan fingerprint density at radius 3 is 2.07 bits per heavy atom. The van der Waals surface area contributed by atoms with Crippen LogP contribution in [0.5, 0.6) is 0 Å². The van der Waals surface area contributed by atoms with E-state index in [-0.39, 0.29) is 42.5 Å². The molecule has 0 unspecified atom stereocenters. The van der Waals surface area contributed by atoms with Gasteiger partial charge in [-0.3, -0.25) is 9.59 Å². The fourth-order valence-electron chi connectivity index (χ4n) is 7.32. The van der Waals surface area contributed by atoms with Gasteiger partial charge in [-0.25, -0.2) is 19.6 Å². The number of benzene rings is 2. The van der Waals surface area contributed by atoms with E-state index in [2.05, 4.69) is 37.4 Å². The summed E-state index contributed by atoms with van der Waals surface area (Å²) in [7, 11) is 2.56. The van der Waals surface area contributed by atoms with Crippen molar-refractivity contribution in [3.05, 3.63) is 71.4 Å². The molecular weight excluding hydrogens is 729 g/mol. The number of hydrogen-bond acceptors (Lipinski definition) is 9. The Labute approximate surface area is 332 Å². The fraction of sp³-hybridized carbons (Fsp3) is 0.476. The number of hydrogen-bond donors (Lipinski definition) is 4. The highest BCUT2D eigenvalue weighted by molar-refractivity contribution is 5.87. The minimum Gasteiger partial charge on any atom is -0.453 e. The number of aromatic amines is 2. The molecule has 2 aliphatic heterocycles. The Kier molecular flexibility index (Phi) is 13.1. The molecule has 0 spiro atoms. The number of nitrogens with one attached hydrogen (secondary N) is 4. The molecule has 2 aliphatic rings. The molecule has 0 aliphatic carbocycles. The van der Waals surface area contributed by atoms with Crippen molar-refractivity contribution in [1.29, 1.82) is 0 Å². The maximum Gasteiger partial charge on any atom is 0.407 e. The van der Waals surface area contributed by atoms with Gasteiger partial charge in [0, 0.05) is 24.3 Å². The van der Waals surface area contributed by atoms with Crippen molar-refractivity contribution < 1.29 is 33.4 Å². The van der Waals surface area contributed by atoms with Gasteiger partial charge in [0.1, 0.15) is 30.5 Å². The first kappa shape index (κ1) is 40.8. The molecule has 302 valence electrons. The molecule has 4 amide bonds. The van der Waals surface area contributed by atoms with E-state index in [4.69, 9.17) is 19.2 Å². The molecule has 2 aromatic carbocycles. The zero-order chi connectivity index (χ0) is 40.6. The zero-order valence-electron chi connectivity index (χ0n) is 33.4. The van der Waals surface area contributed by atoms with Crippen LogP contribution in [0, 0.1) is 23.7 Å². The van der Waals surface area contributed by atoms with Crippen LogP contribution in [0.4, 0.5) is 9.59 Å². The number of nitrogens with zero attached hydrogens (tertiary/aromatic N) is 4. The third-order valence-electron chi connectivity index (χ3n) is 10.5. The summed E-state index contributed by atoms with van der Waals surface area (Å²) < 4.78 is 15.4. The smallest absolute Gasteiger partial charge is 0.407 e. The summed E-state index contributed by atoms with van der Waals surface area (Å²) in [6.45, 7) is 8.75. The third kappa shape index (κ3) is 9.57. The van der Waals surface area contributed by atoms with Crippen LogP contribution in [-0.2, 0) is 23.8 Å². The highest BCUT2D eigenvalue weighted by Gasteiger charge is 2.38. The summed E-state index contributed by atoms with van der Waals surface area (Å²) in [6.07, 6.45) is 4.49. The molecule has 2 aromatic heterocycles. The molecule has 2 saturated heterocycles. The van der Waals surface area contributed by atoms with Crippen LogP contribution in [-0.4, -0.2) is 99.9 Å². The molecule has 0 bridgehead atoms. The van der Waals surface area contributed by atoms with Crippen LogP contribution in [0.1, 0.15) is 94.7 Å². The standard InChI is InChI=1S/C42H52N8O7/c1-25(2)35(47-41(53)55-5)39(51)49-20-9-11-33(49)37-43-23-32(46-37)29-17-14-27(15-18-29)12-13-28-16-19-30-31(22-28)45-38(44-30)34-10-7-8-21-57-24-50(34)40(52)36(26(3)4)48-42(54)56-6/h14-19,22-23,25-26,33-36H,7-11,20-21,24H2,1-6H3,(H,43,46)(H,44,45)(H,47,53)(H,48,54)/t33-,34-,35-,36-/m0/s1. The Balaban J connectivity index is 1.15. The molecule has 15 heteroatoms. The van der Waals surface area contributed by atoms with Crippen LogP contribution in [0.25, 0.3) is 22.3 Å². The van der Waals surface area contributed by atoms with E-state index in [1.165, 1.54) is 14.2 Å². The summed E-state index contributed by atoms with van der Waals surface area (Å²) in [5.41, 5.74) is 4.94. The van der Waals surface area contributed by atoms with Crippen molar-refractivity contribution in [3.63, 3.8) is 0 Å². The molecule has 4 aromatic rings. The predicted octanol–water partition coefficient (Wildman–Crippen LogP) is 5.81. The lowest BCUT2D eigenvalue weighted by Crippen LogP contribution is -2.53. The number of aromatic nitrogens is 4. The van der Waals surface area contributed by atoms with Crippen molar-refractivity contribution in [1.82, 2.24) is 40.4 Å². The second kappa shape index (κ2) is 18.4. The molecule has 4 heterocycles. The van der Waals surface area contributed by atoms with Crippen molar-refractivity contribution in [2.24, 2.45) is 11.8 Å². The molecular formula is C42H52N8O7. The van der Waals surface area contributed by atoms with Crippen molar-refractivity contribution in [2.45, 2.75) is 84.0 Å². The molecule has 4 N–H and O–H groups in total. The first-order valence-corrected chi connectivity index (χ1v) is 19.5. The second-order valence-electron chi connectivity index (χ2n) is 15.1. The van der Waals surface area contributed by atoms with Gasteiger partial charge in [0.15, 0.2) is 0 Å². The van der Waals surface area contributed by atoms with Gasteiger partial charge in [0.2, 0.25) is 11.8 Å². The number of carbonyl (C=O) groups is 4. The van der Waals surface area contributed by atoms with Gasteiger partial charge >= 0.3 is 12.2 Å². The maximum absolute atomic E-state index is 13.9. The topological polar surface area (TPSA) is 184 Å². The number of imidazole rings is 2. The lowest BCUT2D eigenvalue weighted by Gasteiger charge is -2.35. The Morgan fingerprint density at radius 2 is 1.40 bits per heavy atom. The number of alkyl carbamates (subject to hydrolysis) is 2. The van der Waals surface area contributed by atoms with Gasteiger partial charge < -0.3 is 44.6 Å². The Hall–Kier alpha value is -5.88. The molecule has 4 atom stereocenters. The van der Waals surface area contributed by atoms with Crippen molar-refractivity contribution >= 4 is 35.0 Å². The van der Waals surface area contributed by atoms with E-state index in [0.29, 0.717) is 31.2 Å². The second-order valence-corrected chi connectivity index (χ2v) is 15.1. The highest BCUT2D eigenvalue weighted by Crippen LogP contribution is 2.33. The van der Waals surface area contributed by atoms with Gasteiger partial charge in [-0.05, 0) is 79.8 Å². The van der Waals surface area contributed by atoms with E-state index < -0.39 is 24.3 Å². The molecule has 0 saturated carbocycles. The molecule has 2 fully saturated rings. The fourth-order valence-corrected chi connectivity index (χ4v) is 7.32. The van der Waals surface area contributed by atoms with Crippen LogP contribution in [0.3, 0.4) is 0 Å². The van der Waals surface area contributed by atoms with Crippen LogP contribution >= 0.6 is 0 Å². The Morgan fingerprint density at radius 1 is 0.789 bits per heavy atom. The van der Waals surface area contributed by atoms with Gasteiger partial charge in [-0.1, -0.05) is 51.7 Å². The average Bonchev–Trinajstić information content (AvgIpc) is 3.97. The van der Waals surface area contributed by atoms with Gasteiger partial charge in [-0.15, -0.1) is 0 Å². The summed E-state index contributed by atoms with van der Waals surface area (Å²) in [5, 5.41) is 5.38. The lowest BCUT2D eigenvalue weighted by molar-refractivity contribution is -0.145. The predicted molar refractivity (Wildman–Crippen MR) is 212 cm³/mol. The summed E-state index contributed by atoms with van der Waals surface area (Å²) in [6, 6.07) is 11.6. The SMILES string of the molecule is COC(=O)N[C@H](C(=O)N1CCC[C@H]1c1ncc(-c2ccc(C#Cc3ccc4nc([C@@H]5CCCCOCN5C(=O)[C@@H](NC(=O)OC)C(C)C)[nH]c4c3)cc2)[nH]1)C(C)C. The largest absolute Gasteiger partial charge is 0.453 e. The van der Waals surface area contributed by atoms with Crippen LogP contribution in [0.15, 0.2) is 48.7 Å². The number of H-pyrrole nitrogens is 2. The minimum atomic E-state index is -0.790. The van der Waals surface area contributed by atoms with Crippen molar-refractivity contribution in [3.8, 4) is 23.1 Å². The van der Waals surface area contributed by atoms with Gasteiger partial charge in [-0.2, -0.15) is 0 Å². The monoisotopic (exact) mass is 780 g/mol. The first-order valence-electron chi connectivity index (χ1n) is 19.5. The summed E-state index contributed by atoms with van der Waals surface area (Å²) in [4.78, 5) is 71.3. The van der Waals surface area contributed by atoms with E-state index in [0.717, 1.165) is 59.1 Å². The van der Waals surface area contributed by atoms with Crippen LogP contribution < -0.4 is 10.6 Å². The van der Waals surface area contributed by atoms with Crippen LogP contribution in [0.2, 0.25) is 0 Å². The number of amides is 4. The number of likely N-dealkylation sites (tertiary alicyclic amines) is 1. The number of carbonyl (C=O) groups excluding carboxylic acids is 4. The Bertz CT molecular complexity index is 2110. The molecule has 57 heavy (non-hydrogen) atoms. The maximum atomic E-state index is 13.9. The molecule has 0 radical (unpaired) electrons. The lowest BCUT2D eigenvalue weighted by atomic mass is 10.0. The minimum absolute atomic E-state index is 0.0836. The number of fused-ring (bicyclic) bond motifs is 1. The molecule has 6 rings (SSSR count). The van der Waals surface area contributed by atoms with E-state index >= 15 is 0 Å². The summed E-state index contributed by atoms with van der Waals surface area (Å²) >= 11 is 0. The number of methoxy groups -OCH3 is 2. The van der Waals surface area contributed by atoms with E-state index in [1.54, 1.807) is 16.0 Å². The van der Waals surface area contributed by atoms with E-state index in [9.17, 15) is 19.2 Å². The number of ether oxygens (including phenoxy) is 3. The van der Waals surface area contributed by atoms with E-state index in [1.807, 2.05) is 70.2 Å². The normalized spacial score (nSPS) is 18.3. The van der Waals surface area contributed by atoms with Crippen molar-refractivity contribution in [2.75, 3.05) is 34.1 Å². The first-order chi connectivity index (χ1) is 27.5. The average molecular weight is 781 g/mol. The number of rotatable bonds is 9. The summed E-state index contributed by atoms with van der Waals surface area (Å²) in [5.74, 6) is 7.16. The third-order valence-corrected chi connectivity index (χ3v) is 10.5. The highest BCUT2D eigenvalue weighted by atomic mass is 16.5.